The van der Waals surface area contributed by atoms with Crippen molar-refractivity contribution in [2.24, 2.45) is 5.92 Å². The van der Waals surface area contributed by atoms with E-state index in [1.165, 1.54) is 0 Å². The average Bonchev–Trinajstić information content (AvgIpc) is 2.34. The molecular formula is C12H16BrClN2O2S. The molecule has 0 bridgehead atoms. The van der Waals surface area contributed by atoms with Gasteiger partial charge in [0, 0.05) is 4.47 Å². The van der Waals surface area contributed by atoms with Gasteiger partial charge in [-0.25, -0.2) is 8.42 Å². The maximum Gasteiger partial charge on any atom is 0.233 e. The molecule has 0 amide bonds. The fourth-order valence-corrected chi connectivity index (χ4v) is 4.27. The molecule has 1 aromatic rings. The third-order valence-electron chi connectivity index (χ3n) is 3.11. The van der Waals surface area contributed by atoms with Crippen LogP contribution >= 0.6 is 27.5 Å². The number of rotatable bonds is 4. The van der Waals surface area contributed by atoms with Crippen LogP contribution in [0.5, 0.6) is 0 Å². The van der Waals surface area contributed by atoms with Crippen molar-refractivity contribution in [3.05, 3.63) is 27.7 Å². The zero-order valence-electron chi connectivity index (χ0n) is 10.3. The molecular weight excluding hydrogens is 352 g/mol. The Morgan fingerprint density at radius 1 is 1.37 bits per heavy atom. The Morgan fingerprint density at radius 3 is 2.74 bits per heavy atom. The van der Waals surface area contributed by atoms with Gasteiger partial charge in [-0.15, -0.1) is 0 Å². The van der Waals surface area contributed by atoms with Gasteiger partial charge >= 0.3 is 0 Å². The van der Waals surface area contributed by atoms with Crippen LogP contribution in [-0.2, 0) is 10.0 Å². The van der Waals surface area contributed by atoms with E-state index >= 15 is 0 Å². The lowest BCUT2D eigenvalue weighted by atomic mass is 10.0. The first kappa shape index (κ1) is 15.1. The Kier molecular flexibility index (Phi) is 5.11. The molecule has 19 heavy (non-hydrogen) atoms. The lowest BCUT2D eigenvalue weighted by molar-refractivity contribution is 0.402. The van der Waals surface area contributed by atoms with Crippen LogP contribution in [0.25, 0.3) is 0 Å². The molecule has 1 fully saturated rings. The highest BCUT2D eigenvalue weighted by molar-refractivity contribution is 9.10. The van der Waals surface area contributed by atoms with Crippen LogP contribution in [0.3, 0.4) is 0 Å². The topological polar surface area (TPSA) is 58.2 Å². The van der Waals surface area contributed by atoms with E-state index in [0.29, 0.717) is 10.7 Å². The number of anilines is 1. The largest absolute Gasteiger partial charge is 0.317 e. The summed E-state index contributed by atoms with van der Waals surface area (Å²) in [5.74, 6) is 0.363. The van der Waals surface area contributed by atoms with Gasteiger partial charge in [-0.2, -0.15) is 0 Å². The van der Waals surface area contributed by atoms with Gasteiger partial charge in [0.2, 0.25) is 10.0 Å². The normalized spacial score (nSPS) is 17.4. The summed E-state index contributed by atoms with van der Waals surface area (Å²) in [4.78, 5) is 0. The number of benzene rings is 1. The highest BCUT2D eigenvalue weighted by atomic mass is 79.9. The second kappa shape index (κ2) is 6.43. The van der Waals surface area contributed by atoms with Gasteiger partial charge in [-0.1, -0.05) is 27.5 Å². The molecule has 0 radical (unpaired) electrons. The van der Waals surface area contributed by atoms with Crippen LogP contribution in [0, 0.1) is 5.92 Å². The Morgan fingerprint density at radius 2 is 2.05 bits per heavy atom. The molecule has 2 rings (SSSR count). The number of hydrogen-bond donors (Lipinski definition) is 2. The second-order valence-corrected chi connectivity index (χ2v) is 7.79. The first-order valence-corrected chi connectivity index (χ1v) is 8.95. The van der Waals surface area contributed by atoms with Crippen molar-refractivity contribution in [2.45, 2.75) is 12.8 Å². The monoisotopic (exact) mass is 366 g/mol. The quantitative estimate of drug-likeness (QED) is 0.860. The van der Waals surface area contributed by atoms with Crippen molar-refractivity contribution >= 4 is 43.2 Å². The summed E-state index contributed by atoms with van der Waals surface area (Å²) in [7, 11) is -3.36. The minimum Gasteiger partial charge on any atom is -0.317 e. The third kappa shape index (κ3) is 4.63. The average molecular weight is 368 g/mol. The van der Waals surface area contributed by atoms with E-state index in [2.05, 4.69) is 26.0 Å². The molecule has 2 N–H and O–H groups in total. The van der Waals surface area contributed by atoms with Gasteiger partial charge < -0.3 is 5.32 Å². The summed E-state index contributed by atoms with van der Waals surface area (Å²) in [6.07, 6.45) is 1.79. The fourth-order valence-electron chi connectivity index (χ4n) is 2.14. The van der Waals surface area contributed by atoms with Gasteiger partial charge in [-0.3, -0.25) is 4.72 Å². The summed E-state index contributed by atoms with van der Waals surface area (Å²) < 4.78 is 27.6. The summed E-state index contributed by atoms with van der Waals surface area (Å²) in [6, 6.07) is 5.10. The first-order chi connectivity index (χ1) is 8.96. The highest BCUT2D eigenvalue weighted by Gasteiger charge is 2.21. The standard InChI is InChI=1S/C12H16BrClN2O2S/c13-10-1-2-11(14)12(7-10)16-19(17,18)8-9-3-5-15-6-4-9/h1-2,7,9,15-16H,3-6,8H2. The maximum absolute atomic E-state index is 12.1. The Balaban J connectivity index is 2.05. The minimum atomic E-state index is -3.36. The molecule has 0 saturated carbocycles. The molecule has 0 unspecified atom stereocenters. The van der Waals surface area contributed by atoms with Gasteiger partial charge in [0.05, 0.1) is 16.5 Å². The summed E-state index contributed by atoms with van der Waals surface area (Å²) >= 11 is 9.29. The van der Waals surface area contributed by atoms with Crippen LogP contribution in [0.1, 0.15) is 12.8 Å². The summed E-state index contributed by atoms with van der Waals surface area (Å²) in [5.41, 5.74) is 0.421. The Labute approximate surface area is 127 Å². The van der Waals surface area contributed by atoms with Crippen molar-refractivity contribution in [1.29, 1.82) is 0 Å². The first-order valence-electron chi connectivity index (χ1n) is 6.12. The van der Waals surface area contributed by atoms with Crippen molar-refractivity contribution in [1.82, 2.24) is 5.32 Å². The number of hydrogen-bond acceptors (Lipinski definition) is 3. The van der Waals surface area contributed by atoms with Gasteiger partial charge in [-0.05, 0) is 50.0 Å². The molecule has 0 atom stereocenters. The molecule has 1 aliphatic heterocycles. The molecule has 0 aliphatic carbocycles. The van der Waals surface area contributed by atoms with E-state index in [4.69, 9.17) is 11.6 Å². The van der Waals surface area contributed by atoms with E-state index in [-0.39, 0.29) is 11.7 Å². The molecule has 1 aliphatic rings. The van der Waals surface area contributed by atoms with Gasteiger partial charge in [0.15, 0.2) is 0 Å². The molecule has 4 nitrogen and oxygen atoms in total. The van der Waals surface area contributed by atoms with Gasteiger partial charge in [0.1, 0.15) is 0 Å². The number of halogens is 2. The van der Waals surface area contributed by atoms with Crippen LogP contribution in [-0.4, -0.2) is 27.3 Å². The van der Waals surface area contributed by atoms with E-state index in [0.717, 1.165) is 30.4 Å². The Hall–Kier alpha value is -0.300. The third-order valence-corrected chi connectivity index (χ3v) is 5.37. The lowest BCUT2D eigenvalue weighted by Crippen LogP contribution is -2.33. The van der Waals surface area contributed by atoms with Crippen LogP contribution in [0.15, 0.2) is 22.7 Å². The Bertz CT molecular complexity index is 545. The smallest absolute Gasteiger partial charge is 0.233 e. The zero-order valence-corrected chi connectivity index (χ0v) is 13.5. The minimum absolute atomic E-state index is 0.150. The SMILES string of the molecule is O=S(=O)(CC1CCNCC1)Nc1cc(Br)ccc1Cl. The second-order valence-electron chi connectivity index (χ2n) is 4.70. The maximum atomic E-state index is 12.1. The number of sulfonamides is 1. The van der Waals surface area contributed by atoms with E-state index in [1.54, 1.807) is 18.2 Å². The summed E-state index contributed by atoms with van der Waals surface area (Å²) in [6.45, 7) is 1.77. The molecule has 0 aromatic heterocycles. The van der Waals surface area contributed by atoms with Crippen molar-refractivity contribution in [3.8, 4) is 0 Å². The number of piperidine rings is 1. The predicted octanol–water partition coefficient (Wildman–Crippen LogP) is 2.84. The van der Waals surface area contributed by atoms with Crippen molar-refractivity contribution in [3.63, 3.8) is 0 Å². The zero-order chi connectivity index (χ0) is 13.9. The van der Waals surface area contributed by atoms with E-state index < -0.39 is 10.0 Å². The molecule has 7 heteroatoms. The molecule has 1 heterocycles. The predicted molar refractivity (Wildman–Crippen MR) is 82.2 cm³/mol. The van der Waals surface area contributed by atoms with Gasteiger partial charge in [0.25, 0.3) is 0 Å². The lowest BCUT2D eigenvalue weighted by Gasteiger charge is -2.22. The molecule has 1 saturated heterocycles. The molecule has 106 valence electrons. The van der Waals surface area contributed by atoms with Crippen molar-refractivity contribution < 1.29 is 8.42 Å². The summed E-state index contributed by atoms with van der Waals surface area (Å²) in [5, 5.41) is 3.62. The van der Waals surface area contributed by atoms with E-state index in [9.17, 15) is 8.42 Å². The van der Waals surface area contributed by atoms with Crippen LogP contribution in [0.4, 0.5) is 5.69 Å². The fraction of sp³-hybridized carbons (Fsp3) is 0.500. The van der Waals surface area contributed by atoms with Crippen LogP contribution < -0.4 is 10.0 Å². The number of nitrogens with one attached hydrogen (secondary N) is 2. The van der Waals surface area contributed by atoms with Crippen molar-refractivity contribution in [2.75, 3.05) is 23.6 Å². The van der Waals surface area contributed by atoms with E-state index in [1.807, 2.05) is 0 Å². The highest BCUT2D eigenvalue weighted by Crippen LogP contribution is 2.27. The van der Waals surface area contributed by atoms with Crippen LogP contribution in [0.2, 0.25) is 5.02 Å². The molecule has 1 aromatic carbocycles. The molecule has 0 spiro atoms.